The maximum absolute atomic E-state index is 14.6. The van der Waals surface area contributed by atoms with Gasteiger partial charge in [0.2, 0.25) is 5.82 Å². The second-order valence-corrected chi connectivity index (χ2v) is 8.63. The van der Waals surface area contributed by atoms with Crippen LogP contribution < -0.4 is 9.80 Å². The van der Waals surface area contributed by atoms with Gasteiger partial charge in [-0.3, -0.25) is 9.79 Å². The molecule has 0 saturated carbocycles. The number of anilines is 2. The van der Waals surface area contributed by atoms with E-state index in [0.29, 0.717) is 18.4 Å². The fourth-order valence-electron chi connectivity index (χ4n) is 4.84. The van der Waals surface area contributed by atoms with E-state index in [1.165, 1.54) is 28.3 Å². The second kappa shape index (κ2) is 8.46. The van der Waals surface area contributed by atoms with Gasteiger partial charge in [-0.05, 0) is 37.1 Å². The van der Waals surface area contributed by atoms with Crippen LogP contribution in [-0.2, 0) is 9.53 Å². The van der Waals surface area contributed by atoms with Crippen LogP contribution in [0.2, 0.25) is 0 Å². The van der Waals surface area contributed by atoms with Crippen LogP contribution in [-0.4, -0.2) is 47.7 Å². The Morgan fingerprint density at radius 3 is 2.78 bits per heavy atom. The first-order chi connectivity index (χ1) is 17.5. The molecule has 1 saturated heterocycles. The molecule has 3 atom stereocenters. The van der Waals surface area contributed by atoms with Crippen LogP contribution in [0.5, 0.6) is 0 Å². The molecule has 12 heteroatoms. The van der Waals surface area contributed by atoms with Gasteiger partial charge >= 0.3 is 0 Å². The molecule has 0 spiro atoms. The smallest absolute Gasteiger partial charge is 0.254 e. The van der Waals surface area contributed by atoms with Crippen LogP contribution in [0.1, 0.15) is 30.3 Å². The van der Waals surface area contributed by atoms with E-state index in [0.717, 1.165) is 25.0 Å². The summed E-state index contributed by atoms with van der Waals surface area (Å²) in [5, 5.41) is 13.5. The fourth-order valence-corrected chi connectivity index (χ4v) is 4.84. The number of fused-ring (bicyclic) bond motifs is 3. The van der Waals surface area contributed by atoms with Crippen molar-refractivity contribution in [1.82, 2.24) is 10.1 Å². The van der Waals surface area contributed by atoms with Crippen LogP contribution in [0.15, 0.2) is 39.8 Å². The van der Waals surface area contributed by atoms with Crippen molar-refractivity contribution in [2.24, 2.45) is 4.99 Å². The molecule has 1 fully saturated rings. The Kier molecular flexibility index (Phi) is 5.22. The number of rotatable bonds is 4. The average molecular weight is 494 g/mol. The monoisotopic (exact) mass is 494 g/mol. The molecule has 3 aliphatic rings. The summed E-state index contributed by atoms with van der Waals surface area (Å²) in [4.78, 5) is 25.3. The number of nitriles is 1. The van der Waals surface area contributed by atoms with E-state index in [1.54, 1.807) is 0 Å². The predicted octanol–water partition coefficient (Wildman–Crippen LogP) is 3.51. The molecule has 1 aromatic heterocycles. The van der Waals surface area contributed by atoms with E-state index < -0.39 is 35.4 Å². The highest BCUT2D eigenvalue weighted by atomic mass is 19.1. The van der Waals surface area contributed by atoms with Crippen molar-refractivity contribution in [3.63, 3.8) is 0 Å². The molecule has 4 heterocycles. The minimum Gasteiger partial charge on any atom is -0.376 e. The lowest BCUT2D eigenvalue weighted by atomic mass is 9.98. The first kappa shape index (κ1) is 22.2. The zero-order chi connectivity index (χ0) is 25.0. The quantitative estimate of drug-likeness (QED) is 0.546. The molecule has 0 bridgehead atoms. The van der Waals surface area contributed by atoms with Gasteiger partial charge in [0, 0.05) is 12.7 Å². The van der Waals surface area contributed by atoms with E-state index in [-0.39, 0.29) is 41.2 Å². The Morgan fingerprint density at radius 2 is 2.03 bits per heavy atom. The predicted molar refractivity (Wildman–Crippen MR) is 120 cm³/mol. The number of nitrogens with zero attached hydrogens (tertiary/aromatic N) is 6. The molecule has 6 rings (SSSR count). The zero-order valence-electron chi connectivity index (χ0n) is 18.6. The highest BCUT2D eigenvalue weighted by molar-refractivity contribution is 6.13. The minimum atomic E-state index is -0.956. The summed E-state index contributed by atoms with van der Waals surface area (Å²) < 4.78 is 53.1. The topological polar surface area (TPSA) is 108 Å². The van der Waals surface area contributed by atoms with Crippen LogP contribution in [0, 0.1) is 28.8 Å². The van der Waals surface area contributed by atoms with Crippen molar-refractivity contribution in [2.75, 3.05) is 23.0 Å². The molecule has 0 N–H and O–H groups in total. The standard InChI is InChI=1S/C24H17F3N6O3/c25-12-3-4-14(17(27)8-12)22-30-23(36-31-22)19-21-24(34)32(10-13-2-1-7-35-13)20-15(9-28)16(26)5-6-18(20)33(21)11-29-19/h3-6,8,11,13,19,21H,1-2,7,10H2. The lowest BCUT2D eigenvalue weighted by Crippen LogP contribution is -2.55. The van der Waals surface area contributed by atoms with E-state index in [9.17, 15) is 23.2 Å². The first-order valence-corrected chi connectivity index (χ1v) is 11.2. The lowest BCUT2D eigenvalue weighted by molar-refractivity contribution is -0.120. The van der Waals surface area contributed by atoms with Crippen molar-refractivity contribution in [3.05, 3.63) is 59.2 Å². The van der Waals surface area contributed by atoms with Crippen molar-refractivity contribution in [1.29, 1.82) is 5.26 Å². The maximum Gasteiger partial charge on any atom is 0.254 e. The Balaban J connectivity index is 1.40. The Bertz CT molecular complexity index is 1450. The van der Waals surface area contributed by atoms with Gasteiger partial charge in [0.1, 0.15) is 35.1 Å². The molecule has 2 aromatic carbocycles. The van der Waals surface area contributed by atoms with E-state index in [1.807, 2.05) is 6.07 Å². The Labute approximate surface area is 202 Å². The summed E-state index contributed by atoms with van der Waals surface area (Å²) in [6, 6.07) is 5.57. The number of carbonyl (C=O) groups is 1. The van der Waals surface area contributed by atoms with Crippen molar-refractivity contribution in [2.45, 2.75) is 31.0 Å². The van der Waals surface area contributed by atoms with Crippen molar-refractivity contribution >= 4 is 23.6 Å². The van der Waals surface area contributed by atoms with Gasteiger partial charge < -0.3 is 19.1 Å². The van der Waals surface area contributed by atoms with E-state index in [4.69, 9.17) is 9.26 Å². The van der Waals surface area contributed by atoms with Gasteiger partial charge in [0.25, 0.3) is 11.8 Å². The molecule has 36 heavy (non-hydrogen) atoms. The third kappa shape index (κ3) is 3.43. The second-order valence-electron chi connectivity index (χ2n) is 8.63. The summed E-state index contributed by atoms with van der Waals surface area (Å²) >= 11 is 0. The largest absolute Gasteiger partial charge is 0.376 e. The van der Waals surface area contributed by atoms with Gasteiger partial charge in [0.05, 0.1) is 35.9 Å². The maximum atomic E-state index is 14.6. The SMILES string of the molecule is N#Cc1c(F)ccc2c1N(CC1CCCO1)C(=O)C1C(c3nc(-c4ccc(F)cc4F)no3)N=CN21. The molecule has 9 nitrogen and oxygen atoms in total. The van der Waals surface area contributed by atoms with Crippen LogP contribution in [0.25, 0.3) is 11.4 Å². The number of benzene rings is 2. The van der Waals surface area contributed by atoms with E-state index in [2.05, 4.69) is 15.1 Å². The molecule has 1 amide bonds. The van der Waals surface area contributed by atoms with Gasteiger partial charge in [-0.2, -0.15) is 10.2 Å². The summed E-state index contributed by atoms with van der Waals surface area (Å²) in [6.07, 6.45) is 2.69. The molecule has 0 radical (unpaired) electrons. The third-order valence-electron chi connectivity index (χ3n) is 6.51. The number of amides is 1. The van der Waals surface area contributed by atoms with Gasteiger partial charge in [-0.15, -0.1) is 0 Å². The number of halogens is 3. The number of aliphatic imine (C=N–C) groups is 1. The van der Waals surface area contributed by atoms with Crippen molar-refractivity contribution < 1.29 is 27.2 Å². The van der Waals surface area contributed by atoms with Crippen LogP contribution in [0.3, 0.4) is 0 Å². The molecular weight excluding hydrogens is 477 g/mol. The first-order valence-electron chi connectivity index (χ1n) is 11.2. The number of ether oxygens (including phenoxy) is 1. The molecule has 3 aromatic rings. The lowest BCUT2D eigenvalue weighted by Gasteiger charge is -2.40. The highest BCUT2D eigenvalue weighted by Gasteiger charge is 2.49. The molecule has 182 valence electrons. The van der Waals surface area contributed by atoms with Crippen LogP contribution in [0.4, 0.5) is 24.5 Å². The number of hydrogen-bond acceptors (Lipinski definition) is 8. The molecule has 0 aliphatic carbocycles. The number of hydrogen-bond donors (Lipinski definition) is 0. The summed E-state index contributed by atoms with van der Waals surface area (Å²) in [7, 11) is 0. The van der Waals surface area contributed by atoms with Crippen molar-refractivity contribution in [3.8, 4) is 17.5 Å². The highest BCUT2D eigenvalue weighted by Crippen LogP contribution is 2.45. The van der Waals surface area contributed by atoms with Gasteiger partial charge in [-0.1, -0.05) is 5.16 Å². The Morgan fingerprint density at radius 1 is 1.17 bits per heavy atom. The number of carbonyl (C=O) groups excluding carboxylic acids is 1. The zero-order valence-corrected chi connectivity index (χ0v) is 18.6. The van der Waals surface area contributed by atoms with Crippen LogP contribution >= 0.6 is 0 Å². The summed E-state index contributed by atoms with van der Waals surface area (Å²) in [5.74, 6) is -2.97. The summed E-state index contributed by atoms with van der Waals surface area (Å²) in [6.45, 7) is 0.691. The third-order valence-corrected chi connectivity index (χ3v) is 6.51. The summed E-state index contributed by atoms with van der Waals surface area (Å²) in [5.41, 5.74) is 0.257. The number of aromatic nitrogens is 2. The average Bonchev–Trinajstić information content (AvgIpc) is 3.62. The fraction of sp³-hybridized carbons (Fsp3) is 0.292. The molecular formula is C24H17F3N6O3. The normalized spacial score (nSPS) is 22.6. The molecule has 3 aliphatic heterocycles. The minimum absolute atomic E-state index is 0.0473. The van der Waals surface area contributed by atoms with E-state index >= 15 is 0 Å². The van der Waals surface area contributed by atoms with Gasteiger partial charge in [-0.25, -0.2) is 13.2 Å². The molecule has 3 unspecified atom stereocenters. The Hall–Kier alpha value is -4.24. The van der Waals surface area contributed by atoms with Gasteiger partial charge in [0.15, 0.2) is 6.04 Å².